The molecule has 0 fully saturated rings. The first-order valence-corrected chi connectivity index (χ1v) is 5.19. The van der Waals surface area contributed by atoms with E-state index in [2.05, 4.69) is 39.0 Å². The molecule has 0 heterocycles. The molecule has 0 N–H and O–H groups in total. The average Bonchev–Trinajstić information content (AvgIpc) is 2.18. The normalized spacial score (nSPS) is 12.9. The van der Waals surface area contributed by atoms with Gasteiger partial charge in [-0.15, -0.1) is 0 Å². The molecule has 76 valence electrons. The predicted molar refractivity (Wildman–Crippen MR) is 59.6 cm³/mol. The van der Waals surface area contributed by atoms with Crippen molar-refractivity contribution in [2.75, 3.05) is 0 Å². The van der Waals surface area contributed by atoms with Crippen LogP contribution in [0, 0.1) is 0 Å². The lowest BCUT2D eigenvalue weighted by molar-refractivity contribution is -0.108. The summed E-state index contributed by atoms with van der Waals surface area (Å²) in [7, 11) is 0. The summed E-state index contributed by atoms with van der Waals surface area (Å²) in [5, 5.41) is 0. The highest BCUT2D eigenvalue weighted by molar-refractivity contribution is 5.52. The fourth-order valence-electron chi connectivity index (χ4n) is 1.76. The van der Waals surface area contributed by atoms with Crippen LogP contribution in [0.1, 0.15) is 50.2 Å². The van der Waals surface area contributed by atoms with Crippen LogP contribution < -0.4 is 0 Å². The molecule has 1 unspecified atom stereocenters. The fraction of sp³-hybridized carbons (Fsp3) is 0.462. The maximum Gasteiger partial charge on any atom is 0.120 e. The number of aldehydes is 1. The van der Waals surface area contributed by atoms with Gasteiger partial charge in [0, 0.05) is 6.42 Å². The van der Waals surface area contributed by atoms with Crippen molar-refractivity contribution in [3.63, 3.8) is 0 Å². The zero-order chi connectivity index (χ0) is 10.6. The molecule has 0 radical (unpaired) electrons. The lowest BCUT2D eigenvalue weighted by atomic mass is 9.88. The van der Waals surface area contributed by atoms with Crippen molar-refractivity contribution in [3.8, 4) is 0 Å². The second kappa shape index (κ2) is 4.94. The molecule has 0 bridgehead atoms. The van der Waals surface area contributed by atoms with Gasteiger partial charge < -0.3 is 4.79 Å². The predicted octanol–water partition coefficient (Wildman–Crippen LogP) is 3.50. The van der Waals surface area contributed by atoms with E-state index in [4.69, 9.17) is 0 Å². The largest absolute Gasteiger partial charge is 0.303 e. The number of carbonyl (C=O) groups is 1. The van der Waals surface area contributed by atoms with E-state index in [1.165, 1.54) is 11.1 Å². The third-order valence-electron chi connectivity index (χ3n) is 2.60. The van der Waals surface area contributed by atoms with Crippen LogP contribution in [-0.4, -0.2) is 6.29 Å². The van der Waals surface area contributed by atoms with E-state index in [-0.39, 0.29) is 0 Å². The van der Waals surface area contributed by atoms with Crippen LogP contribution >= 0.6 is 0 Å². The van der Waals surface area contributed by atoms with Gasteiger partial charge in [0.15, 0.2) is 0 Å². The molecule has 0 aliphatic carbocycles. The van der Waals surface area contributed by atoms with Gasteiger partial charge in [-0.1, -0.05) is 45.0 Å². The summed E-state index contributed by atoms with van der Waals surface area (Å²) in [5.41, 5.74) is 2.68. The highest BCUT2D eigenvalue weighted by Gasteiger charge is 2.11. The van der Waals surface area contributed by atoms with Crippen LogP contribution in [0.15, 0.2) is 24.3 Å². The summed E-state index contributed by atoms with van der Waals surface area (Å²) in [5.74, 6) is 0.867. The van der Waals surface area contributed by atoms with E-state index in [1.807, 2.05) is 6.07 Å². The van der Waals surface area contributed by atoms with Crippen LogP contribution in [0.4, 0.5) is 0 Å². The van der Waals surface area contributed by atoms with Gasteiger partial charge in [0.2, 0.25) is 0 Å². The molecule has 1 nitrogen and oxygen atoms in total. The van der Waals surface area contributed by atoms with Gasteiger partial charge in [-0.3, -0.25) is 0 Å². The van der Waals surface area contributed by atoms with E-state index in [0.717, 1.165) is 6.29 Å². The fourth-order valence-corrected chi connectivity index (χ4v) is 1.76. The van der Waals surface area contributed by atoms with Gasteiger partial charge in [-0.05, 0) is 23.0 Å². The summed E-state index contributed by atoms with van der Waals surface area (Å²) in [6, 6.07) is 8.39. The van der Waals surface area contributed by atoms with Crippen molar-refractivity contribution >= 4 is 6.29 Å². The molecular weight excluding hydrogens is 172 g/mol. The van der Waals surface area contributed by atoms with Crippen molar-refractivity contribution in [1.82, 2.24) is 0 Å². The number of carbonyl (C=O) groups excluding carboxylic acids is 1. The molecule has 1 atom stereocenters. The lowest BCUT2D eigenvalue weighted by Gasteiger charge is -2.16. The second-order valence-corrected chi connectivity index (χ2v) is 4.09. The van der Waals surface area contributed by atoms with E-state index in [0.29, 0.717) is 18.3 Å². The van der Waals surface area contributed by atoms with Crippen LogP contribution in [0.5, 0.6) is 0 Å². The third kappa shape index (κ3) is 2.44. The number of rotatable bonds is 4. The molecule has 0 aliphatic rings. The minimum absolute atomic E-state index is 0.339. The van der Waals surface area contributed by atoms with E-state index in [9.17, 15) is 4.79 Å². The SMILES string of the molecule is CC(C)c1ccccc1C(C)CC=O. The molecule has 1 rings (SSSR count). The molecule has 14 heavy (non-hydrogen) atoms. The van der Waals surface area contributed by atoms with Gasteiger partial charge in [0.05, 0.1) is 0 Å². The van der Waals surface area contributed by atoms with Gasteiger partial charge in [0.25, 0.3) is 0 Å². The van der Waals surface area contributed by atoms with Gasteiger partial charge >= 0.3 is 0 Å². The maximum atomic E-state index is 10.5. The summed E-state index contributed by atoms with van der Waals surface area (Å²) < 4.78 is 0. The minimum atomic E-state index is 0.339. The Morgan fingerprint density at radius 1 is 1.14 bits per heavy atom. The molecule has 0 aromatic heterocycles. The summed E-state index contributed by atoms with van der Waals surface area (Å²) in [6.45, 7) is 6.48. The molecule has 1 aromatic rings. The first-order valence-electron chi connectivity index (χ1n) is 5.19. The van der Waals surface area contributed by atoms with Gasteiger partial charge in [-0.2, -0.15) is 0 Å². The second-order valence-electron chi connectivity index (χ2n) is 4.09. The molecule has 0 saturated heterocycles. The minimum Gasteiger partial charge on any atom is -0.303 e. The summed E-state index contributed by atoms with van der Waals surface area (Å²) in [4.78, 5) is 10.5. The van der Waals surface area contributed by atoms with Crippen LogP contribution in [-0.2, 0) is 4.79 Å². The Morgan fingerprint density at radius 2 is 1.71 bits per heavy atom. The molecule has 1 aromatic carbocycles. The molecule has 0 aliphatic heterocycles. The standard InChI is InChI=1S/C13H18O/c1-10(2)12-6-4-5-7-13(12)11(3)8-9-14/h4-7,9-11H,8H2,1-3H3. The third-order valence-corrected chi connectivity index (χ3v) is 2.60. The van der Waals surface area contributed by atoms with E-state index < -0.39 is 0 Å². The van der Waals surface area contributed by atoms with Crippen molar-refractivity contribution in [1.29, 1.82) is 0 Å². The highest BCUT2D eigenvalue weighted by Crippen LogP contribution is 2.27. The average molecular weight is 190 g/mol. The Kier molecular flexibility index (Phi) is 3.87. The Balaban J connectivity index is 2.99. The van der Waals surface area contributed by atoms with E-state index >= 15 is 0 Å². The Bertz CT molecular complexity index is 302. The topological polar surface area (TPSA) is 17.1 Å². The Hall–Kier alpha value is -1.11. The molecule has 0 amide bonds. The summed E-state index contributed by atoms with van der Waals surface area (Å²) in [6.07, 6.45) is 1.62. The molecule has 1 heteroatoms. The van der Waals surface area contributed by atoms with Gasteiger partial charge in [0.1, 0.15) is 6.29 Å². The maximum absolute atomic E-state index is 10.5. The molecule has 0 saturated carbocycles. The number of benzene rings is 1. The first kappa shape index (κ1) is 11.0. The van der Waals surface area contributed by atoms with Crippen molar-refractivity contribution in [3.05, 3.63) is 35.4 Å². The lowest BCUT2D eigenvalue weighted by Crippen LogP contribution is -2.01. The van der Waals surface area contributed by atoms with Crippen LogP contribution in [0.3, 0.4) is 0 Å². The van der Waals surface area contributed by atoms with Crippen molar-refractivity contribution in [2.24, 2.45) is 0 Å². The first-order chi connectivity index (χ1) is 6.66. The molecular formula is C13H18O. The summed E-state index contributed by atoms with van der Waals surface area (Å²) >= 11 is 0. The number of hydrogen-bond acceptors (Lipinski definition) is 1. The van der Waals surface area contributed by atoms with Crippen LogP contribution in [0.25, 0.3) is 0 Å². The zero-order valence-electron chi connectivity index (χ0n) is 9.16. The van der Waals surface area contributed by atoms with E-state index in [1.54, 1.807) is 0 Å². The van der Waals surface area contributed by atoms with Crippen LogP contribution in [0.2, 0.25) is 0 Å². The monoisotopic (exact) mass is 190 g/mol. The van der Waals surface area contributed by atoms with Crippen molar-refractivity contribution < 1.29 is 4.79 Å². The Morgan fingerprint density at radius 3 is 2.21 bits per heavy atom. The number of hydrogen-bond donors (Lipinski definition) is 0. The van der Waals surface area contributed by atoms with Gasteiger partial charge in [-0.25, -0.2) is 0 Å². The smallest absolute Gasteiger partial charge is 0.120 e. The Labute approximate surface area is 86.1 Å². The zero-order valence-corrected chi connectivity index (χ0v) is 9.16. The highest BCUT2D eigenvalue weighted by atomic mass is 16.1. The molecule has 0 spiro atoms. The quantitative estimate of drug-likeness (QED) is 0.664. The van der Waals surface area contributed by atoms with Crippen molar-refractivity contribution in [2.45, 2.75) is 39.0 Å².